The number of aliphatic hydroxyl groups is 1. The maximum absolute atomic E-state index is 9.90. The van der Waals surface area contributed by atoms with Gasteiger partial charge in [-0.1, -0.05) is 11.3 Å². The molecule has 3 aromatic rings. The smallest absolute Gasteiger partial charge is 0.225 e. The van der Waals surface area contributed by atoms with Crippen LogP contribution in [0.4, 0.5) is 16.9 Å². The highest BCUT2D eigenvalue weighted by molar-refractivity contribution is 8.24. The molecular weight excluding hydrogens is 462 g/mol. The number of hydrogen-bond donors (Lipinski definition) is 6. The van der Waals surface area contributed by atoms with Gasteiger partial charge < -0.3 is 21.1 Å². The third-order valence-electron chi connectivity index (χ3n) is 6.04. The maximum Gasteiger partial charge on any atom is 0.225 e. The fourth-order valence-electron chi connectivity index (χ4n) is 4.28. The predicted octanol–water partition coefficient (Wildman–Crippen LogP) is 3.55. The highest BCUT2D eigenvalue weighted by Crippen LogP contribution is 2.45. The molecular formula is C21H29N7O3S2. The average Bonchev–Trinajstić information content (AvgIpc) is 3.35. The van der Waals surface area contributed by atoms with Crippen molar-refractivity contribution in [3.8, 4) is 0 Å². The third kappa shape index (κ3) is 5.89. The fraction of sp³-hybridized carbons (Fsp3) is 0.524. The molecule has 1 atom stereocenters. The summed E-state index contributed by atoms with van der Waals surface area (Å²) in [6.07, 6.45) is 5.57. The van der Waals surface area contributed by atoms with E-state index in [9.17, 15) is 14.2 Å². The van der Waals surface area contributed by atoms with Gasteiger partial charge in [0.25, 0.3) is 0 Å². The Labute approximate surface area is 197 Å². The molecule has 1 aliphatic carbocycles. The molecule has 1 saturated carbocycles. The SMILES string of the molecule is OC1CCC(Nc2nc(CNC3CCS(O)(O)C3)cc(Nc3nc4cccnc4s3)n2)CC1. The first kappa shape index (κ1) is 22.7. The second kappa shape index (κ2) is 9.65. The molecule has 0 radical (unpaired) electrons. The summed E-state index contributed by atoms with van der Waals surface area (Å²) in [4.78, 5) is 19.1. The monoisotopic (exact) mass is 491 g/mol. The number of nitrogens with zero attached hydrogens (tertiary/aromatic N) is 4. The number of aliphatic hydroxyl groups excluding tert-OH is 1. The van der Waals surface area contributed by atoms with Crippen LogP contribution in [0.25, 0.3) is 10.3 Å². The lowest BCUT2D eigenvalue weighted by Gasteiger charge is -2.26. The zero-order valence-corrected chi connectivity index (χ0v) is 19.8. The molecule has 0 aromatic carbocycles. The fourth-order valence-corrected chi connectivity index (χ4v) is 6.85. The van der Waals surface area contributed by atoms with E-state index < -0.39 is 10.6 Å². The molecule has 33 heavy (non-hydrogen) atoms. The highest BCUT2D eigenvalue weighted by Gasteiger charge is 2.28. The van der Waals surface area contributed by atoms with Gasteiger partial charge in [-0.3, -0.25) is 9.11 Å². The van der Waals surface area contributed by atoms with Crippen molar-refractivity contribution in [1.82, 2.24) is 25.3 Å². The number of rotatable bonds is 7. The van der Waals surface area contributed by atoms with Gasteiger partial charge in [-0.25, -0.2) is 15.0 Å². The lowest BCUT2D eigenvalue weighted by molar-refractivity contribution is 0.126. The summed E-state index contributed by atoms with van der Waals surface area (Å²) in [5, 5.41) is 20.6. The Kier molecular flexibility index (Phi) is 6.63. The summed E-state index contributed by atoms with van der Waals surface area (Å²) in [6.45, 7) is 0.497. The van der Waals surface area contributed by atoms with Crippen molar-refractivity contribution < 1.29 is 14.2 Å². The minimum absolute atomic E-state index is 0.0629. The Morgan fingerprint density at radius 2 is 1.91 bits per heavy atom. The van der Waals surface area contributed by atoms with Gasteiger partial charge in [-0.05, 0) is 44.2 Å². The van der Waals surface area contributed by atoms with Crippen LogP contribution in [-0.2, 0) is 6.54 Å². The number of pyridine rings is 1. The molecule has 6 N–H and O–H groups in total. The van der Waals surface area contributed by atoms with Crippen LogP contribution in [0.2, 0.25) is 0 Å². The van der Waals surface area contributed by atoms with Crippen LogP contribution >= 0.6 is 21.9 Å². The topological polar surface area (TPSA) is 148 Å². The Balaban J connectivity index is 1.33. The Hall–Kier alpha value is -2.09. The summed E-state index contributed by atoms with van der Waals surface area (Å²) in [5.74, 6) is 2.01. The van der Waals surface area contributed by atoms with Crippen molar-refractivity contribution in [2.45, 2.75) is 56.8 Å². The van der Waals surface area contributed by atoms with Crippen LogP contribution in [0.5, 0.6) is 0 Å². The van der Waals surface area contributed by atoms with E-state index in [1.54, 1.807) is 6.20 Å². The van der Waals surface area contributed by atoms with Gasteiger partial charge in [0.15, 0.2) is 5.13 Å². The van der Waals surface area contributed by atoms with Crippen LogP contribution in [-0.4, -0.2) is 63.8 Å². The van der Waals surface area contributed by atoms with Crippen molar-refractivity contribution in [1.29, 1.82) is 0 Å². The third-order valence-corrected chi connectivity index (χ3v) is 8.76. The van der Waals surface area contributed by atoms with E-state index in [0.29, 0.717) is 34.9 Å². The van der Waals surface area contributed by atoms with E-state index in [1.165, 1.54) is 11.3 Å². The number of anilines is 3. The van der Waals surface area contributed by atoms with Crippen LogP contribution in [0.3, 0.4) is 0 Å². The summed E-state index contributed by atoms with van der Waals surface area (Å²) in [7, 11) is -2.45. The summed E-state index contributed by atoms with van der Waals surface area (Å²) in [6, 6.07) is 5.96. The van der Waals surface area contributed by atoms with Gasteiger partial charge in [0.05, 0.1) is 17.6 Å². The molecule has 12 heteroatoms. The molecule has 0 spiro atoms. The molecule has 2 aliphatic rings. The second-order valence-electron chi connectivity index (χ2n) is 8.73. The molecule has 5 rings (SSSR count). The summed E-state index contributed by atoms with van der Waals surface area (Å²) < 4.78 is 19.8. The zero-order valence-electron chi connectivity index (χ0n) is 18.1. The van der Waals surface area contributed by atoms with Crippen molar-refractivity contribution in [3.05, 3.63) is 30.1 Å². The van der Waals surface area contributed by atoms with E-state index >= 15 is 0 Å². The lowest BCUT2D eigenvalue weighted by atomic mass is 9.93. The molecule has 0 bridgehead atoms. The van der Waals surface area contributed by atoms with Gasteiger partial charge in [0.1, 0.15) is 16.2 Å². The number of aromatic nitrogens is 4. The number of thiazole rings is 1. The summed E-state index contributed by atoms with van der Waals surface area (Å²) >= 11 is 1.46. The first-order chi connectivity index (χ1) is 15.9. The van der Waals surface area contributed by atoms with Gasteiger partial charge in [0.2, 0.25) is 5.95 Å². The standard InChI is InChI=1S/C21H29N7O3S2/c29-16-5-3-13(4-6-16)24-20-25-15(11-23-14-7-9-33(30,31)12-14)10-18(27-20)28-21-26-17-2-1-8-22-19(17)32-21/h1-2,8,10,13-14,16,23,29-31H,3-7,9,11-12H2,(H2,24,25,26,27,28). The first-order valence-corrected chi connectivity index (χ1v) is 13.9. The largest absolute Gasteiger partial charge is 0.393 e. The normalized spacial score (nSPS) is 25.7. The van der Waals surface area contributed by atoms with Gasteiger partial charge >= 0.3 is 0 Å². The van der Waals surface area contributed by atoms with Crippen molar-refractivity contribution in [3.63, 3.8) is 0 Å². The average molecular weight is 492 g/mol. The number of fused-ring (bicyclic) bond motifs is 1. The lowest BCUT2D eigenvalue weighted by Crippen LogP contribution is -2.30. The molecule has 178 valence electrons. The van der Waals surface area contributed by atoms with E-state index in [1.807, 2.05) is 18.2 Å². The zero-order chi connectivity index (χ0) is 22.8. The van der Waals surface area contributed by atoms with Crippen LogP contribution in [0, 0.1) is 0 Å². The summed E-state index contributed by atoms with van der Waals surface area (Å²) in [5.41, 5.74) is 1.63. The van der Waals surface area contributed by atoms with Crippen molar-refractivity contribution in [2.24, 2.45) is 0 Å². The van der Waals surface area contributed by atoms with E-state index in [-0.39, 0.29) is 18.2 Å². The minimum Gasteiger partial charge on any atom is -0.393 e. The molecule has 1 unspecified atom stereocenters. The quantitative estimate of drug-likeness (QED) is 0.290. The number of hydrogen-bond acceptors (Lipinski definition) is 11. The van der Waals surface area contributed by atoms with Crippen LogP contribution in [0.15, 0.2) is 24.4 Å². The molecule has 10 nitrogen and oxygen atoms in total. The van der Waals surface area contributed by atoms with E-state index in [4.69, 9.17) is 4.98 Å². The van der Waals surface area contributed by atoms with Crippen LogP contribution in [0.1, 0.15) is 37.8 Å². The maximum atomic E-state index is 9.90. The first-order valence-electron chi connectivity index (χ1n) is 11.2. The molecule has 0 amide bonds. The van der Waals surface area contributed by atoms with Gasteiger partial charge in [-0.2, -0.15) is 15.6 Å². The predicted molar refractivity (Wildman–Crippen MR) is 132 cm³/mol. The van der Waals surface area contributed by atoms with E-state index in [2.05, 4.69) is 30.9 Å². The van der Waals surface area contributed by atoms with Gasteiger partial charge in [-0.15, -0.1) is 0 Å². The van der Waals surface area contributed by atoms with Crippen LogP contribution < -0.4 is 16.0 Å². The number of nitrogens with one attached hydrogen (secondary N) is 3. The Morgan fingerprint density at radius 1 is 1.06 bits per heavy atom. The van der Waals surface area contributed by atoms with E-state index in [0.717, 1.165) is 48.1 Å². The molecule has 3 aromatic heterocycles. The Morgan fingerprint density at radius 3 is 2.67 bits per heavy atom. The molecule has 2 fully saturated rings. The minimum atomic E-state index is -2.45. The molecule has 1 aliphatic heterocycles. The highest BCUT2D eigenvalue weighted by atomic mass is 32.3. The molecule has 4 heterocycles. The van der Waals surface area contributed by atoms with Crippen molar-refractivity contribution in [2.75, 3.05) is 22.1 Å². The van der Waals surface area contributed by atoms with Crippen molar-refractivity contribution >= 4 is 49.2 Å². The Bertz CT molecular complexity index is 1070. The molecule has 1 saturated heterocycles. The van der Waals surface area contributed by atoms with Gasteiger partial charge in [0, 0.05) is 36.6 Å². The second-order valence-corrected chi connectivity index (χ2v) is 12.1.